The summed E-state index contributed by atoms with van der Waals surface area (Å²) in [4.78, 5) is 15.0. The third-order valence-corrected chi connectivity index (χ3v) is 1.60. The molecule has 0 saturated heterocycles. The van der Waals surface area contributed by atoms with Crippen LogP contribution in [0, 0.1) is 0 Å². The lowest BCUT2D eigenvalue weighted by atomic mass is 10.2. The van der Waals surface area contributed by atoms with Gasteiger partial charge in [-0.05, 0) is 6.08 Å². The fraction of sp³-hybridized carbons (Fsp3) is 0.429. The molecule has 0 spiro atoms. The topological polar surface area (TPSA) is 70.7 Å². The van der Waals surface area contributed by atoms with E-state index in [0.29, 0.717) is 6.42 Å². The van der Waals surface area contributed by atoms with Crippen LogP contribution in [0.2, 0.25) is 0 Å². The molecule has 1 amide bonds. The Bertz CT molecular complexity index is 223. The molecule has 1 aliphatic rings. The Labute approximate surface area is 70.9 Å². The number of nitrogens with one attached hydrogen (secondary N) is 1. The third-order valence-electron chi connectivity index (χ3n) is 1.60. The molecular formula is C7H12N4O. The van der Waals surface area contributed by atoms with Crippen LogP contribution in [0.3, 0.4) is 0 Å². The Hall–Kier alpha value is -1.20. The summed E-state index contributed by atoms with van der Waals surface area (Å²) in [5.74, 6) is 5.02. The van der Waals surface area contributed by atoms with E-state index < -0.39 is 0 Å². The fourth-order valence-electron chi connectivity index (χ4n) is 1.03. The van der Waals surface area contributed by atoms with Crippen molar-refractivity contribution in [3.05, 3.63) is 12.2 Å². The van der Waals surface area contributed by atoms with Crippen LogP contribution in [-0.4, -0.2) is 23.3 Å². The Morgan fingerprint density at radius 2 is 2.58 bits per heavy atom. The standard InChI is InChI=1S/C7H12N4O/c1-6(12)11(10-8)7-4-2-3-5-9-7/h2-3,5,7,10H,4,8H2,1H3. The molecule has 1 rings (SSSR count). The molecule has 5 heteroatoms. The number of hydrazine groups is 2. The Kier molecular flexibility index (Phi) is 2.95. The second-order valence-corrected chi connectivity index (χ2v) is 2.46. The van der Waals surface area contributed by atoms with Crippen molar-refractivity contribution in [3.63, 3.8) is 0 Å². The Morgan fingerprint density at radius 1 is 1.83 bits per heavy atom. The summed E-state index contributed by atoms with van der Waals surface area (Å²) in [6, 6.07) is 0. The van der Waals surface area contributed by atoms with E-state index in [9.17, 15) is 4.79 Å². The van der Waals surface area contributed by atoms with Gasteiger partial charge in [-0.1, -0.05) is 6.08 Å². The maximum atomic E-state index is 11.0. The summed E-state index contributed by atoms with van der Waals surface area (Å²) in [5, 5.41) is 1.29. The van der Waals surface area contributed by atoms with Crippen molar-refractivity contribution < 1.29 is 4.79 Å². The first-order valence-corrected chi connectivity index (χ1v) is 3.70. The lowest BCUT2D eigenvalue weighted by molar-refractivity contribution is -0.134. The predicted molar refractivity (Wildman–Crippen MR) is 45.9 cm³/mol. The smallest absolute Gasteiger partial charge is 0.236 e. The van der Waals surface area contributed by atoms with Crippen LogP contribution in [0.1, 0.15) is 13.3 Å². The highest BCUT2D eigenvalue weighted by Crippen LogP contribution is 2.06. The van der Waals surface area contributed by atoms with Gasteiger partial charge in [0.2, 0.25) is 5.91 Å². The van der Waals surface area contributed by atoms with Crippen molar-refractivity contribution in [2.75, 3.05) is 0 Å². The van der Waals surface area contributed by atoms with Crippen LogP contribution in [0.4, 0.5) is 0 Å². The molecule has 1 unspecified atom stereocenters. The van der Waals surface area contributed by atoms with E-state index in [0.717, 1.165) is 0 Å². The molecule has 0 aromatic rings. The lowest BCUT2D eigenvalue weighted by Crippen LogP contribution is -2.51. The molecule has 3 N–H and O–H groups in total. The number of hydrogen-bond donors (Lipinski definition) is 2. The van der Waals surface area contributed by atoms with E-state index >= 15 is 0 Å². The first-order chi connectivity index (χ1) is 5.75. The quantitative estimate of drug-likeness (QED) is 0.434. The van der Waals surface area contributed by atoms with Gasteiger partial charge in [-0.25, -0.2) is 5.01 Å². The van der Waals surface area contributed by atoms with E-state index in [1.807, 2.05) is 12.2 Å². The molecule has 0 saturated carbocycles. The van der Waals surface area contributed by atoms with Gasteiger partial charge in [-0.2, -0.15) is 5.53 Å². The zero-order valence-corrected chi connectivity index (χ0v) is 6.90. The molecule has 66 valence electrons. The molecule has 0 bridgehead atoms. The van der Waals surface area contributed by atoms with E-state index in [4.69, 9.17) is 5.84 Å². The van der Waals surface area contributed by atoms with Crippen molar-refractivity contribution in [1.29, 1.82) is 0 Å². The minimum atomic E-state index is -0.211. The normalized spacial score (nSPS) is 21.0. The van der Waals surface area contributed by atoms with Gasteiger partial charge in [0, 0.05) is 19.6 Å². The summed E-state index contributed by atoms with van der Waals surface area (Å²) < 4.78 is 0. The number of carbonyl (C=O) groups excluding carboxylic acids is 1. The molecule has 0 aliphatic carbocycles. The molecule has 5 nitrogen and oxygen atoms in total. The number of amides is 1. The van der Waals surface area contributed by atoms with Crippen LogP contribution in [-0.2, 0) is 4.79 Å². The molecule has 1 aliphatic heterocycles. The minimum absolute atomic E-state index is 0.144. The number of aliphatic imine (C=N–C) groups is 1. The number of dihydropyridines is 1. The summed E-state index contributed by atoms with van der Waals surface area (Å²) in [5.41, 5.74) is 2.31. The summed E-state index contributed by atoms with van der Waals surface area (Å²) >= 11 is 0. The van der Waals surface area contributed by atoms with Gasteiger partial charge in [0.25, 0.3) is 0 Å². The molecule has 0 aromatic heterocycles. The van der Waals surface area contributed by atoms with E-state index in [1.165, 1.54) is 11.9 Å². The third kappa shape index (κ3) is 1.90. The Balaban J connectivity index is 2.60. The zero-order chi connectivity index (χ0) is 8.97. The number of carbonyl (C=O) groups is 1. The number of hydrogen-bond acceptors (Lipinski definition) is 4. The maximum absolute atomic E-state index is 11.0. The van der Waals surface area contributed by atoms with Crippen molar-refractivity contribution in [2.45, 2.75) is 19.5 Å². The average molecular weight is 168 g/mol. The van der Waals surface area contributed by atoms with Gasteiger partial charge in [-0.15, -0.1) is 0 Å². The molecule has 1 heterocycles. The van der Waals surface area contributed by atoms with Gasteiger partial charge in [0.15, 0.2) is 0 Å². The van der Waals surface area contributed by atoms with Crippen LogP contribution in [0.15, 0.2) is 17.1 Å². The summed E-state index contributed by atoms with van der Waals surface area (Å²) in [7, 11) is 0. The predicted octanol–water partition coefficient (Wildman–Crippen LogP) is -0.430. The van der Waals surface area contributed by atoms with Crippen molar-refractivity contribution in [3.8, 4) is 0 Å². The SMILES string of the molecule is CC(=O)N(NN)C1CC=CC=N1. The summed E-state index contributed by atoms with van der Waals surface area (Å²) in [6.45, 7) is 1.44. The zero-order valence-electron chi connectivity index (χ0n) is 6.90. The molecular weight excluding hydrogens is 156 g/mol. The number of nitrogens with zero attached hydrogens (tertiary/aromatic N) is 2. The molecule has 12 heavy (non-hydrogen) atoms. The van der Waals surface area contributed by atoms with Gasteiger partial charge >= 0.3 is 0 Å². The van der Waals surface area contributed by atoms with Crippen LogP contribution in [0.5, 0.6) is 0 Å². The number of allylic oxidation sites excluding steroid dienone is 1. The average Bonchev–Trinajstić information content (AvgIpc) is 2.07. The van der Waals surface area contributed by atoms with Crippen molar-refractivity contribution >= 4 is 12.1 Å². The minimum Gasteiger partial charge on any atom is -0.274 e. The number of nitrogens with two attached hydrogens (primary N) is 1. The first-order valence-electron chi connectivity index (χ1n) is 3.70. The molecule has 0 fully saturated rings. The summed E-state index contributed by atoms with van der Waals surface area (Å²) in [6.07, 6.45) is 5.91. The maximum Gasteiger partial charge on any atom is 0.236 e. The fourth-order valence-corrected chi connectivity index (χ4v) is 1.03. The van der Waals surface area contributed by atoms with Gasteiger partial charge < -0.3 is 0 Å². The monoisotopic (exact) mass is 168 g/mol. The first kappa shape index (κ1) is 8.89. The molecule has 1 atom stereocenters. The van der Waals surface area contributed by atoms with Crippen LogP contribution >= 0.6 is 0 Å². The van der Waals surface area contributed by atoms with Crippen molar-refractivity contribution in [2.24, 2.45) is 10.8 Å². The van der Waals surface area contributed by atoms with E-state index in [2.05, 4.69) is 10.5 Å². The van der Waals surface area contributed by atoms with Gasteiger partial charge in [0.1, 0.15) is 6.17 Å². The lowest BCUT2D eigenvalue weighted by Gasteiger charge is -2.26. The van der Waals surface area contributed by atoms with E-state index in [-0.39, 0.29) is 12.1 Å². The highest BCUT2D eigenvalue weighted by Gasteiger charge is 2.17. The van der Waals surface area contributed by atoms with Crippen LogP contribution in [0.25, 0.3) is 0 Å². The Morgan fingerprint density at radius 3 is 3.00 bits per heavy atom. The van der Waals surface area contributed by atoms with Gasteiger partial charge in [-0.3, -0.25) is 15.6 Å². The highest BCUT2D eigenvalue weighted by atomic mass is 16.2. The van der Waals surface area contributed by atoms with Crippen LogP contribution < -0.4 is 11.4 Å². The second-order valence-electron chi connectivity index (χ2n) is 2.46. The second kappa shape index (κ2) is 3.99. The molecule has 0 radical (unpaired) electrons. The highest BCUT2D eigenvalue weighted by molar-refractivity contribution is 5.75. The van der Waals surface area contributed by atoms with Crippen molar-refractivity contribution in [1.82, 2.24) is 10.5 Å². The van der Waals surface area contributed by atoms with Gasteiger partial charge in [0.05, 0.1) is 0 Å². The number of rotatable bonds is 2. The largest absolute Gasteiger partial charge is 0.274 e. The molecule has 0 aromatic carbocycles. The van der Waals surface area contributed by atoms with E-state index in [1.54, 1.807) is 6.21 Å².